The van der Waals surface area contributed by atoms with E-state index in [2.05, 4.69) is 10.3 Å². The molecule has 1 heterocycles. The lowest BCUT2D eigenvalue weighted by Gasteiger charge is -2.19. The van der Waals surface area contributed by atoms with Gasteiger partial charge in [0.05, 0.1) is 0 Å². The topological polar surface area (TPSA) is 30.7 Å². The highest BCUT2D eigenvalue weighted by molar-refractivity contribution is 14.1. The van der Waals surface area contributed by atoms with E-state index in [4.69, 9.17) is 0 Å². The number of halogens is 6. The number of rotatable bonds is 1. The predicted octanol–water partition coefficient (Wildman–Crippen LogP) is 2.07. The number of aromatic nitrogens is 3. The van der Waals surface area contributed by atoms with Crippen molar-refractivity contribution in [1.29, 1.82) is 0 Å². The van der Waals surface area contributed by atoms with E-state index in [-0.39, 0.29) is 0 Å². The fourth-order valence-electron chi connectivity index (χ4n) is 0.799. The summed E-state index contributed by atoms with van der Waals surface area (Å²) in [5.74, 6) is -4.93. The summed E-state index contributed by atoms with van der Waals surface area (Å²) >= 11 is 1.27. The van der Waals surface area contributed by atoms with E-state index in [1.165, 1.54) is 22.6 Å². The minimum Gasteiger partial charge on any atom is -0.245 e. The summed E-state index contributed by atoms with van der Waals surface area (Å²) < 4.78 is 61.3. The van der Waals surface area contributed by atoms with Crippen molar-refractivity contribution in [2.45, 2.75) is 12.1 Å². The number of hydrogen-bond donors (Lipinski definition) is 0. The van der Waals surface area contributed by atoms with E-state index in [9.17, 15) is 22.0 Å². The number of hydrogen-bond acceptors (Lipinski definition) is 2. The third-order valence-corrected chi connectivity index (χ3v) is 2.17. The molecule has 1 aromatic rings. The third-order valence-electron chi connectivity index (χ3n) is 1.44. The molecule has 0 aliphatic rings. The van der Waals surface area contributed by atoms with E-state index in [0.717, 1.165) is 7.05 Å². The minimum absolute atomic E-state index is 0.412. The van der Waals surface area contributed by atoms with E-state index < -0.39 is 21.5 Å². The monoisotopic (exact) mass is 327 g/mol. The number of alkyl halides is 5. The Morgan fingerprint density at radius 2 is 1.71 bits per heavy atom. The summed E-state index contributed by atoms with van der Waals surface area (Å²) in [4.78, 5) is 0. The van der Waals surface area contributed by atoms with Crippen molar-refractivity contribution < 1.29 is 22.0 Å². The van der Waals surface area contributed by atoms with Crippen LogP contribution in [0.25, 0.3) is 0 Å². The smallest absolute Gasteiger partial charge is 0.245 e. The normalized spacial score (nSPS) is 13.4. The molecule has 1 aromatic heterocycles. The average molecular weight is 327 g/mol. The summed E-state index contributed by atoms with van der Waals surface area (Å²) in [5.41, 5.74) is -1.24. The lowest BCUT2D eigenvalue weighted by molar-refractivity contribution is -0.292. The van der Waals surface area contributed by atoms with E-state index in [1.54, 1.807) is 0 Å². The summed E-state index contributed by atoms with van der Waals surface area (Å²) in [6.07, 6.45) is -5.64. The van der Waals surface area contributed by atoms with E-state index >= 15 is 0 Å². The van der Waals surface area contributed by atoms with Crippen LogP contribution in [0.3, 0.4) is 0 Å². The fourth-order valence-corrected chi connectivity index (χ4v) is 1.58. The number of nitrogens with zero attached hydrogens (tertiary/aromatic N) is 3. The van der Waals surface area contributed by atoms with Gasteiger partial charge >= 0.3 is 12.1 Å². The SMILES string of the molecule is Cn1nnc(I)c1C(F)(F)C(F)(F)F. The van der Waals surface area contributed by atoms with Gasteiger partial charge in [-0.05, 0) is 22.6 Å². The Morgan fingerprint density at radius 3 is 2.00 bits per heavy atom. The first-order valence-electron chi connectivity index (χ1n) is 3.18. The van der Waals surface area contributed by atoms with Crippen LogP contribution in [0.15, 0.2) is 0 Å². The Labute approximate surface area is 88.4 Å². The van der Waals surface area contributed by atoms with Crippen molar-refractivity contribution in [3.05, 3.63) is 9.39 Å². The Balaban J connectivity index is 3.29. The Kier molecular flexibility index (Phi) is 2.71. The van der Waals surface area contributed by atoms with E-state index in [0.29, 0.717) is 4.68 Å². The molecule has 0 fully saturated rings. The Bertz CT molecular complexity index is 324. The van der Waals surface area contributed by atoms with Crippen LogP contribution in [0.4, 0.5) is 22.0 Å². The highest BCUT2D eigenvalue weighted by Gasteiger charge is 2.61. The van der Waals surface area contributed by atoms with Gasteiger partial charge in [-0.2, -0.15) is 22.0 Å². The minimum atomic E-state index is -5.64. The molecule has 0 atom stereocenters. The lowest BCUT2D eigenvalue weighted by atomic mass is 10.2. The molecule has 0 unspecified atom stereocenters. The van der Waals surface area contributed by atoms with Crippen LogP contribution in [-0.4, -0.2) is 21.2 Å². The van der Waals surface area contributed by atoms with Crippen LogP contribution >= 0.6 is 22.6 Å². The molecular weight excluding hydrogens is 324 g/mol. The van der Waals surface area contributed by atoms with Gasteiger partial charge < -0.3 is 0 Å². The van der Waals surface area contributed by atoms with Crippen LogP contribution in [0.5, 0.6) is 0 Å². The molecule has 0 spiro atoms. The van der Waals surface area contributed by atoms with Gasteiger partial charge in [0.25, 0.3) is 0 Å². The Hall–Kier alpha value is -0.480. The van der Waals surface area contributed by atoms with Gasteiger partial charge in [0.1, 0.15) is 0 Å². The van der Waals surface area contributed by atoms with Crippen molar-refractivity contribution >= 4 is 22.6 Å². The maximum atomic E-state index is 12.8. The predicted molar refractivity (Wildman–Crippen MR) is 43.7 cm³/mol. The first kappa shape index (κ1) is 11.6. The van der Waals surface area contributed by atoms with Crippen molar-refractivity contribution in [1.82, 2.24) is 15.0 Å². The molecule has 0 aromatic carbocycles. The second-order valence-corrected chi connectivity index (χ2v) is 3.45. The zero-order valence-electron chi connectivity index (χ0n) is 6.61. The highest BCUT2D eigenvalue weighted by atomic mass is 127. The van der Waals surface area contributed by atoms with Crippen molar-refractivity contribution in [3.63, 3.8) is 0 Å². The highest BCUT2D eigenvalue weighted by Crippen LogP contribution is 2.44. The maximum absolute atomic E-state index is 12.8. The first-order chi connectivity index (χ1) is 6.18. The van der Waals surface area contributed by atoms with Crippen LogP contribution < -0.4 is 0 Å². The second kappa shape index (κ2) is 3.28. The zero-order chi connectivity index (χ0) is 11.1. The van der Waals surface area contributed by atoms with Crippen LogP contribution in [0.2, 0.25) is 0 Å². The van der Waals surface area contributed by atoms with E-state index in [1.807, 2.05) is 0 Å². The van der Waals surface area contributed by atoms with Crippen molar-refractivity contribution in [2.24, 2.45) is 7.05 Å². The molecule has 14 heavy (non-hydrogen) atoms. The van der Waals surface area contributed by atoms with Gasteiger partial charge in [-0.3, -0.25) is 0 Å². The standard InChI is InChI=1S/C5H3F5IN3/c1-14-2(3(11)12-13-14)4(6,7)5(8,9)10/h1H3. The molecule has 80 valence electrons. The molecule has 0 aliphatic carbocycles. The molecule has 3 nitrogen and oxygen atoms in total. The van der Waals surface area contributed by atoms with Crippen molar-refractivity contribution in [3.8, 4) is 0 Å². The molecule has 0 aliphatic heterocycles. The van der Waals surface area contributed by atoms with Crippen LogP contribution in [-0.2, 0) is 13.0 Å². The molecular formula is C5H3F5IN3. The van der Waals surface area contributed by atoms with Crippen LogP contribution in [0.1, 0.15) is 5.69 Å². The number of aryl methyl sites for hydroxylation is 1. The molecule has 0 saturated carbocycles. The fraction of sp³-hybridized carbons (Fsp3) is 0.600. The second-order valence-electron chi connectivity index (χ2n) is 2.42. The summed E-state index contributed by atoms with van der Waals surface area (Å²) in [6, 6.07) is 0. The quantitative estimate of drug-likeness (QED) is 0.584. The lowest BCUT2D eigenvalue weighted by Crippen LogP contribution is -2.36. The molecule has 0 saturated heterocycles. The molecule has 0 N–H and O–H groups in total. The van der Waals surface area contributed by atoms with Gasteiger partial charge in [-0.1, -0.05) is 5.21 Å². The molecule has 0 bridgehead atoms. The summed E-state index contributed by atoms with van der Waals surface area (Å²) in [5, 5.41) is 6.19. The zero-order valence-corrected chi connectivity index (χ0v) is 8.77. The summed E-state index contributed by atoms with van der Waals surface area (Å²) in [6.45, 7) is 0. The molecule has 1 rings (SSSR count). The Morgan fingerprint density at radius 1 is 1.21 bits per heavy atom. The average Bonchev–Trinajstić information content (AvgIpc) is 2.28. The maximum Gasteiger partial charge on any atom is 0.459 e. The first-order valence-corrected chi connectivity index (χ1v) is 4.26. The van der Waals surface area contributed by atoms with Gasteiger partial charge in [0, 0.05) is 7.05 Å². The largest absolute Gasteiger partial charge is 0.459 e. The van der Waals surface area contributed by atoms with Gasteiger partial charge in [-0.25, -0.2) is 4.68 Å². The van der Waals surface area contributed by atoms with Crippen LogP contribution in [0, 0.1) is 3.70 Å². The third kappa shape index (κ3) is 1.68. The molecule has 0 amide bonds. The molecule has 9 heteroatoms. The van der Waals surface area contributed by atoms with Gasteiger partial charge in [0.15, 0.2) is 9.39 Å². The molecule has 0 radical (unpaired) electrons. The van der Waals surface area contributed by atoms with Gasteiger partial charge in [0.2, 0.25) is 0 Å². The van der Waals surface area contributed by atoms with Crippen molar-refractivity contribution in [2.75, 3.05) is 0 Å². The summed E-state index contributed by atoms with van der Waals surface area (Å²) in [7, 11) is 0.976. The van der Waals surface area contributed by atoms with Gasteiger partial charge in [-0.15, -0.1) is 5.10 Å².